The van der Waals surface area contributed by atoms with Gasteiger partial charge >= 0.3 is 0 Å². The normalized spacial score (nSPS) is 15.4. The molecule has 0 aromatic heterocycles. The molecule has 1 amide bonds. The van der Waals surface area contributed by atoms with E-state index in [0.29, 0.717) is 36.8 Å². The fourth-order valence-electron chi connectivity index (χ4n) is 3.84. The van der Waals surface area contributed by atoms with Crippen LogP contribution < -0.4 is 4.74 Å². The minimum Gasteiger partial charge on any atom is -0.454 e. The van der Waals surface area contributed by atoms with Crippen LogP contribution in [0.3, 0.4) is 0 Å². The third-order valence-corrected chi connectivity index (χ3v) is 5.61. The van der Waals surface area contributed by atoms with E-state index in [4.69, 9.17) is 21.3 Å². The number of aliphatic imine (C=N–C) groups is 1. The van der Waals surface area contributed by atoms with Gasteiger partial charge in [0.1, 0.15) is 17.3 Å². The summed E-state index contributed by atoms with van der Waals surface area (Å²) in [7, 11) is 0. The smallest absolute Gasteiger partial charge is 0.254 e. The first kappa shape index (κ1) is 18.7. The van der Waals surface area contributed by atoms with Crippen LogP contribution in [0.1, 0.15) is 15.9 Å². The predicted octanol–water partition coefficient (Wildman–Crippen LogP) is 4.98. The van der Waals surface area contributed by atoms with Gasteiger partial charge in [-0.15, -0.1) is 0 Å². The van der Waals surface area contributed by atoms with E-state index in [9.17, 15) is 4.79 Å². The summed E-state index contributed by atoms with van der Waals surface area (Å²) in [5, 5.41) is 0.572. The van der Waals surface area contributed by atoms with Crippen LogP contribution in [0.5, 0.6) is 11.5 Å². The van der Waals surface area contributed by atoms with Crippen molar-refractivity contribution in [1.82, 2.24) is 9.80 Å². The van der Waals surface area contributed by atoms with Crippen molar-refractivity contribution < 1.29 is 9.53 Å². The van der Waals surface area contributed by atoms with Crippen molar-refractivity contribution in [1.29, 1.82) is 0 Å². The zero-order valence-electron chi connectivity index (χ0n) is 16.3. The van der Waals surface area contributed by atoms with Gasteiger partial charge in [-0.25, -0.2) is 4.99 Å². The number of carbonyl (C=O) groups excluding carboxylic acids is 1. The van der Waals surface area contributed by atoms with Crippen LogP contribution in [0.4, 0.5) is 5.69 Å². The first-order valence-corrected chi connectivity index (χ1v) is 10.3. The lowest BCUT2D eigenvalue weighted by molar-refractivity contribution is 0.0692. The largest absolute Gasteiger partial charge is 0.454 e. The fourth-order valence-corrected chi connectivity index (χ4v) is 4.03. The van der Waals surface area contributed by atoms with Gasteiger partial charge in [-0.3, -0.25) is 4.79 Å². The Bertz CT molecular complexity index is 1140. The zero-order chi connectivity index (χ0) is 20.5. The molecule has 2 heterocycles. The van der Waals surface area contributed by atoms with Crippen molar-refractivity contribution in [3.63, 3.8) is 0 Å². The number of para-hydroxylation sites is 3. The quantitative estimate of drug-likeness (QED) is 0.560. The molecule has 0 atom stereocenters. The Labute approximate surface area is 180 Å². The van der Waals surface area contributed by atoms with Crippen molar-refractivity contribution in [2.45, 2.75) is 0 Å². The van der Waals surface area contributed by atoms with Crippen molar-refractivity contribution >= 4 is 29.0 Å². The van der Waals surface area contributed by atoms with Crippen molar-refractivity contribution in [3.05, 3.63) is 88.9 Å². The Hall–Kier alpha value is -3.31. The van der Waals surface area contributed by atoms with Crippen LogP contribution in [0.25, 0.3) is 0 Å². The van der Waals surface area contributed by atoms with E-state index in [-0.39, 0.29) is 5.91 Å². The number of piperazine rings is 1. The summed E-state index contributed by atoms with van der Waals surface area (Å²) < 4.78 is 6.13. The molecular formula is C24H20ClN3O2. The number of amidine groups is 1. The molecule has 0 bridgehead atoms. The number of carbonyl (C=O) groups is 1. The monoisotopic (exact) mass is 417 g/mol. The molecule has 3 aromatic rings. The van der Waals surface area contributed by atoms with Crippen LogP contribution in [0.2, 0.25) is 5.02 Å². The molecule has 0 unspecified atom stereocenters. The second kappa shape index (κ2) is 7.84. The van der Waals surface area contributed by atoms with Crippen LogP contribution in [0.15, 0.2) is 77.8 Å². The van der Waals surface area contributed by atoms with Gasteiger partial charge in [0.25, 0.3) is 5.91 Å². The fraction of sp³-hybridized carbons (Fsp3) is 0.167. The van der Waals surface area contributed by atoms with E-state index in [1.54, 1.807) is 24.3 Å². The molecule has 0 spiro atoms. The molecule has 3 aromatic carbocycles. The minimum absolute atomic E-state index is 0.00837. The van der Waals surface area contributed by atoms with Gasteiger partial charge in [0.2, 0.25) is 0 Å². The summed E-state index contributed by atoms with van der Waals surface area (Å²) in [5.74, 6) is 2.42. The standard InChI is InChI=1S/C24H20ClN3O2/c25-18-7-5-6-17(16-18)24(29)28-14-12-27(13-15-28)23-19-8-1-3-10-21(19)30-22-11-4-2-9-20(22)26-23/h1-11,16H,12-15H2. The highest BCUT2D eigenvalue weighted by molar-refractivity contribution is 6.30. The van der Waals surface area contributed by atoms with Gasteiger partial charge < -0.3 is 14.5 Å². The van der Waals surface area contributed by atoms with Crippen LogP contribution in [-0.2, 0) is 0 Å². The molecule has 1 fully saturated rings. The Morgan fingerprint density at radius 2 is 1.60 bits per heavy atom. The second-order valence-electron chi connectivity index (χ2n) is 7.29. The lowest BCUT2D eigenvalue weighted by atomic mass is 10.1. The number of hydrogen-bond acceptors (Lipinski definition) is 4. The van der Waals surface area contributed by atoms with Gasteiger partial charge in [-0.1, -0.05) is 41.9 Å². The molecule has 150 valence electrons. The first-order valence-electron chi connectivity index (χ1n) is 9.94. The minimum atomic E-state index is 0.00837. The molecule has 2 aliphatic heterocycles. The number of amides is 1. The van der Waals surface area contributed by atoms with Crippen LogP contribution >= 0.6 is 11.6 Å². The molecule has 1 saturated heterocycles. The van der Waals surface area contributed by atoms with Gasteiger partial charge in [0.15, 0.2) is 5.75 Å². The molecule has 0 N–H and O–H groups in total. The molecule has 0 radical (unpaired) electrons. The van der Waals surface area contributed by atoms with E-state index >= 15 is 0 Å². The maximum absolute atomic E-state index is 12.9. The van der Waals surface area contributed by atoms with Gasteiger partial charge in [-0.2, -0.15) is 0 Å². The van der Waals surface area contributed by atoms with Crippen molar-refractivity contribution in [2.75, 3.05) is 26.2 Å². The Kier molecular flexibility index (Phi) is 4.89. The Balaban J connectivity index is 1.40. The number of benzene rings is 3. The molecule has 0 saturated carbocycles. The second-order valence-corrected chi connectivity index (χ2v) is 7.73. The number of hydrogen-bond donors (Lipinski definition) is 0. The number of rotatable bonds is 1. The summed E-state index contributed by atoms with van der Waals surface area (Å²) in [5.41, 5.74) is 2.39. The highest BCUT2D eigenvalue weighted by Crippen LogP contribution is 2.37. The molecule has 5 rings (SSSR count). The summed E-state index contributed by atoms with van der Waals surface area (Å²) >= 11 is 6.05. The highest BCUT2D eigenvalue weighted by atomic mass is 35.5. The molecular weight excluding hydrogens is 398 g/mol. The molecule has 6 heteroatoms. The van der Waals surface area contributed by atoms with Gasteiger partial charge in [-0.05, 0) is 42.5 Å². The molecule has 5 nitrogen and oxygen atoms in total. The summed E-state index contributed by atoms with van der Waals surface area (Å²) in [6.45, 7) is 2.63. The number of halogens is 1. The van der Waals surface area contributed by atoms with Crippen LogP contribution in [0, 0.1) is 0 Å². The maximum Gasteiger partial charge on any atom is 0.254 e. The maximum atomic E-state index is 12.9. The number of ether oxygens (including phenoxy) is 1. The van der Waals surface area contributed by atoms with E-state index in [1.165, 1.54) is 0 Å². The van der Waals surface area contributed by atoms with E-state index < -0.39 is 0 Å². The third kappa shape index (κ3) is 3.53. The Morgan fingerprint density at radius 1 is 0.867 bits per heavy atom. The third-order valence-electron chi connectivity index (χ3n) is 5.38. The zero-order valence-corrected chi connectivity index (χ0v) is 17.0. The molecule has 2 aliphatic rings. The number of fused-ring (bicyclic) bond motifs is 2. The number of nitrogens with zero attached hydrogens (tertiary/aromatic N) is 3. The average Bonchev–Trinajstić information content (AvgIpc) is 2.95. The lowest BCUT2D eigenvalue weighted by Gasteiger charge is -2.36. The molecule has 0 aliphatic carbocycles. The van der Waals surface area contributed by atoms with Gasteiger partial charge in [0.05, 0.1) is 5.56 Å². The van der Waals surface area contributed by atoms with Gasteiger partial charge in [0, 0.05) is 36.8 Å². The van der Waals surface area contributed by atoms with E-state index in [2.05, 4.69) is 4.90 Å². The summed E-state index contributed by atoms with van der Waals surface area (Å²) in [6, 6.07) is 22.9. The predicted molar refractivity (Wildman–Crippen MR) is 118 cm³/mol. The average molecular weight is 418 g/mol. The lowest BCUT2D eigenvalue weighted by Crippen LogP contribution is -2.50. The van der Waals surface area contributed by atoms with Crippen LogP contribution in [-0.4, -0.2) is 47.7 Å². The van der Waals surface area contributed by atoms with E-state index in [1.807, 2.05) is 53.4 Å². The Morgan fingerprint density at radius 3 is 2.40 bits per heavy atom. The highest BCUT2D eigenvalue weighted by Gasteiger charge is 2.27. The molecule has 30 heavy (non-hydrogen) atoms. The summed E-state index contributed by atoms with van der Waals surface area (Å²) in [4.78, 5) is 21.9. The van der Waals surface area contributed by atoms with Crippen molar-refractivity contribution in [2.24, 2.45) is 4.99 Å². The topological polar surface area (TPSA) is 45.1 Å². The SMILES string of the molecule is O=C(c1cccc(Cl)c1)N1CCN(C2=Nc3ccccc3Oc3ccccc32)CC1. The van der Waals surface area contributed by atoms with E-state index in [0.717, 1.165) is 28.6 Å². The first-order chi connectivity index (χ1) is 14.7. The summed E-state index contributed by atoms with van der Waals surface area (Å²) in [6.07, 6.45) is 0. The van der Waals surface area contributed by atoms with Crippen molar-refractivity contribution in [3.8, 4) is 11.5 Å².